The first-order valence-electron chi connectivity index (χ1n) is 9.96. The van der Waals surface area contributed by atoms with E-state index in [4.69, 9.17) is 14.7 Å². The molecule has 1 aromatic heterocycles. The number of benzene rings is 1. The Labute approximate surface area is 155 Å². The van der Waals surface area contributed by atoms with Crippen LogP contribution in [0.5, 0.6) is 0 Å². The average Bonchev–Trinajstić information content (AvgIpc) is 2.72. The van der Waals surface area contributed by atoms with Crippen molar-refractivity contribution < 1.29 is 4.74 Å². The molecule has 0 radical (unpaired) electrons. The molecule has 6 heteroatoms. The predicted molar refractivity (Wildman–Crippen MR) is 106 cm³/mol. The highest BCUT2D eigenvalue weighted by Gasteiger charge is 2.17. The zero-order valence-electron chi connectivity index (χ0n) is 15.5. The number of morpholine rings is 1. The van der Waals surface area contributed by atoms with E-state index in [0.717, 1.165) is 81.6 Å². The average molecular weight is 355 g/mol. The number of hydrogen-bond acceptors (Lipinski definition) is 6. The summed E-state index contributed by atoms with van der Waals surface area (Å²) in [5, 5.41) is 4.61. The van der Waals surface area contributed by atoms with Gasteiger partial charge < -0.3 is 15.0 Å². The van der Waals surface area contributed by atoms with E-state index in [0.29, 0.717) is 0 Å². The predicted octanol–water partition coefficient (Wildman–Crippen LogP) is 2.75. The summed E-state index contributed by atoms with van der Waals surface area (Å²) in [7, 11) is 0. The lowest BCUT2D eigenvalue weighted by Gasteiger charge is -2.29. The highest BCUT2D eigenvalue weighted by atomic mass is 16.5. The van der Waals surface area contributed by atoms with E-state index in [1.54, 1.807) is 0 Å². The van der Waals surface area contributed by atoms with Crippen molar-refractivity contribution in [3.8, 4) is 0 Å². The molecular weight excluding hydrogens is 326 g/mol. The van der Waals surface area contributed by atoms with Crippen molar-refractivity contribution in [2.45, 2.75) is 25.7 Å². The van der Waals surface area contributed by atoms with Crippen molar-refractivity contribution in [1.29, 1.82) is 0 Å². The Bertz CT molecular complexity index is 710. The number of nitrogens with zero attached hydrogens (tertiary/aromatic N) is 4. The second-order valence-electron chi connectivity index (χ2n) is 7.17. The topological polar surface area (TPSA) is 53.5 Å². The fraction of sp³-hybridized carbons (Fsp3) is 0.600. The minimum Gasteiger partial charge on any atom is -0.379 e. The fourth-order valence-electron chi connectivity index (χ4n) is 3.81. The molecule has 0 bridgehead atoms. The summed E-state index contributed by atoms with van der Waals surface area (Å²) in [4.78, 5) is 14.5. The van der Waals surface area contributed by atoms with E-state index in [2.05, 4.69) is 39.4 Å². The molecule has 2 aliphatic rings. The van der Waals surface area contributed by atoms with Crippen molar-refractivity contribution in [2.24, 2.45) is 0 Å². The Morgan fingerprint density at radius 3 is 2.62 bits per heavy atom. The number of piperidine rings is 1. The Kier molecular flexibility index (Phi) is 5.82. The van der Waals surface area contributed by atoms with Crippen LogP contribution in [0.2, 0.25) is 0 Å². The van der Waals surface area contributed by atoms with E-state index < -0.39 is 0 Å². The van der Waals surface area contributed by atoms with Crippen LogP contribution in [0.15, 0.2) is 24.3 Å². The van der Waals surface area contributed by atoms with Crippen molar-refractivity contribution in [3.63, 3.8) is 0 Å². The van der Waals surface area contributed by atoms with Gasteiger partial charge in [0.15, 0.2) is 0 Å². The van der Waals surface area contributed by atoms with Crippen molar-refractivity contribution in [2.75, 3.05) is 62.7 Å². The lowest BCUT2D eigenvalue weighted by molar-refractivity contribution is 0.0378. The summed E-state index contributed by atoms with van der Waals surface area (Å²) in [5.74, 6) is 1.84. The molecule has 0 aliphatic carbocycles. The van der Waals surface area contributed by atoms with Crippen molar-refractivity contribution >= 4 is 22.7 Å². The molecule has 1 N–H and O–H groups in total. The zero-order chi connectivity index (χ0) is 17.6. The lowest BCUT2D eigenvalue weighted by atomic mass is 10.1. The van der Waals surface area contributed by atoms with Gasteiger partial charge in [0.1, 0.15) is 5.82 Å². The van der Waals surface area contributed by atoms with Crippen molar-refractivity contribution in [3.05, 3.63) is 24.3 Å². The van der Waals surface area contributed by atoms with E-state index in [1.165, 1.54) is 19.3 Å². The first-order chi connectivity index (χ1) is 12.9. The molecule has 140 valence electrons. The van der Waals surface area contributed by atoms with Gasteiger partial charge in [-0.25, -0.2) is 4.98 Å². The van der Waals surface area contributed by atoms with Crippen LogP contribution in [0.1, 0.15) is 25.7 Å². The minimum absolute atomic E-state index is 0.756. The Hall–Kier alpha value is -1.92. The molecule has 2 aliphatic heterocycles. The third-order valence-electron chi connectivity index (χ3n) is 5.28. The van der Waals surface area contributed by atoms with E-state index in [-0.39, 0.29) is 0 Å². The second-order valence-corrected chi connectivity index (χ2v) is 7.17. The number of hydrogen-bond donors (Lipinski definition) is 1. The largest absolute Gasteiger partial charge is 0.379 e. The van der Waals surface area contributed by atoms with E-state index >= 15 is 0 Å². The molecular formula is C20H29N5O. The molecule has 2 saturated heterocycles. The van der Waals surface area contributed by atoms with Crippen LogP contribution in [0, 0.1) is 0 Å². The van der Waals surface area contributed by atoms with Crippen LogP contribution in [-0.4, -0.2) is 67.4 Å². The molecule has 26 heavy (non-hydrogen) atoms. The summed E-state index contributed by atoms with van der Waals surface area (Å²) in [6.45, 7) is 8.00. The Balaban J connectivity index is 1.43. The molecule has 0 amide bonds. The zero-order valence-corrected chi connectivity index (χ0v) is 15.5. The molecule has 2 fully saturated rings. The van der Waals surface area contributed by atoms with E-state index in [1.807, 2.05) is 0 Å². The normalized spacial score (nSPS) is 19.0. The van der Waals surface area contributed by atoms with Crippen LogP contribution in [0.4, 0.5) is 11.8 Å². The lowest BCUT2D eigenvalue weighted by Crippen LogP contribution is -2.37. The summed E-state index contributed by atoms with van der Waals surface area (Å²) >= 11 is 0. The fourth-order valence-corrected chi connectivity index (χ4v) is 3.81. The van der Waals surface area contributed by atoms with Gasteiger partial charge in [0.25, 0.3) is 0 Å². The van der Waals surface area contributed by atoms with Gasteiger partial charge >= 0.3 is 0 Å². The Morgan fingerprint density at radius 1 is 0.962 bits per heavy atom. The number of rotatable bonds is 6. The highest BCUT2D eigenvalue weighted by Crippen LogP contribution is 2.27. The molecule has 0 unspecified atom stereocenters. The molecule has 6 nitrogen and oxygen atoms in total. The molecule has 2 aromatic rings. The van der Waals surface area contributed by atoms with Crippen LogP contribution in [-0.2, 0) is 4.74 Å². The van der Waals surface area contributed by atoms with Gasteiger partial charge in [-0.1, -0.05) is 12.1 Å². The number of anilines is 2. The maximum atomic E-state index is 5.41. The quantitative estimate of drug-likeness (QED) is 0.804. The molecule has 4 rings (SSSR count). The van der Waals surface area contributed by atoms with Crippen LogP contribution in [0.3, 0.4) is 0 Å². The van der Waals surface area contributed by atoms with Gasteiger partial charge in [-0.05, 0) is 44.4 Å². The molecule has 0 saturated carbocycles. The summed E-state index contributed by atoms with van der Waals surface area (Å²) < 4.78 is 5.41. The first kappa shape index (κ1) is 17.5. The third kappa shape index (κ3) is 4.24. The monoisotopic (exact) mass is 355 g/mol. The number of aromatic nitrogens is 2. The van der Waals surface area contributed by atoms with Crippen molar-refractivity contribution in [1.82, 2.24) is 14.9 Å². The van der Waals surface area contributed by atoms with Gasteiger partial charge in [0.2, 0.25) is 5.95 Å². The number of nitrogens with one attached hydrogen (secondary N) is 1. The maximum Gasteiger partial charge on any atom is 0.225 e. The standard InChI is InChI=1S/C20H29N5O/c1-4-11-25(12-5-1)19-17-7-2-3-8-18(17)22-20(23-19)21-9-6-10-24-13-15-26-16-14-24/h2-3,7-8H,1,4-6,9-16H2,(H,21,22,23). The number of fused-ring (bicyclic) bond motifs is 1. The Morgan fingerprint density at radius 2 is 1.77 bits per heavy atom. The number of ether oxygens (including phenoxy) is 1. The van der Waals surface area contributed by atoms with Crippen LogP contribution < -0.4 is 10.2 Å². The second kappa shape index (κ2) is 8.64. The molecule has 0 atom stereocenters. The minimum atomic E-state index is 0.756. The highest BCUT2D eigenvalue weighted by molar-refractivity contribution is 5.90. The first-order valence-corrected chi connectivity index (χ1v) is 9.96. The summed E-state index contributed by atoms with van der Waals surface area (Å²) in [6, 6.07) is 8.36. The summed E-state index contributed by atoms with van der Waals surface area (Å²) in [6.07, 6.45) is 4.92. The third-order valence-corrected chi connectivity index (χ3v) is 5.28. The summed E-state index contributed by atoms with van der Waals surface area (Å²) in [5.41, 5.74) is 1.03. The van der Waals surface area contributed by atoms with Gasteiger partial charge in [0, 0.05) is 38.1 Å². The van der Waals surface area contributed by atoms with Crippen LogP contribution in [0.25, 0.3) is 10.9 Å². The van der Waals surface area contributed by atoms with Gasteiger partial charge in [-0.2, -0.15) is 4.98 Å². The molecule has 0 spiro atoms. The number of para-hydroxylation sites is 1. The SMILES string of the molecule is c1ccc2c(N3CCCCC3)nc(NCCCN3CCOCC3)nc2c1. The maximum absolute atomic E-state index is 5.41. The molecule has 3 heterocycles. The van der Waals surface area contributed by atoms with Crippen LogP contribution >= 0.6 is 0 Å². The van der Waals surface area contributed by atoms with Gasteiger partial charge in [-0.15, -0.1) is 0 Å². The smallest absolute Gasteiger partial charge is 0.225 e. The van der Waals surface area contributed by atoms with Gasteiger partial charge in [0.05, 0.1) is 18.7 Å². The van der Waals surface area contributed by atoms with Gasteiger partial charge in [-0.3, -0.25) is 4.90 Å². The van der Waals surface area contributed by atoms with E-state index in [9.17, 15) is 0 Å². The molecule has 1 aromatic carbocycles.